The first-order valence-electron chi connectivity index (χ1n) is 5.33. The predicted octanol–water partition coefficient (Wildman–Crippen LogP) is 3.33. The number of alkyl halides is 2. The lowest BCUT2D eigenvalue weighted by Gasteiger charge is -2.03. The molecule has 0 aliphatic heterocycles. The zero-order valence-corrected chi connectivity index (χ0v) is 8.51. The molecule has 0 bridgehead atoms. The lowest BCUT2D eigenvalue weighted by Crippen LogP contribution is -1.98. The van der Waals surface area contributed by atoms with Gasteiger partial charge < -0.3 is 10.2 Å². The molecule has 1 aliphatic carbocycles. The van der Waals surface area contributed by atoms with Gasteiger partial charge in [-0.15, -0.1) is 0 Å². The van der Waals surface area contributed by atoms with Crippen LogP contribution in [0.5, 0.6) is 0 Å². The Bertz CT molecular complexity index is 329. The maximum atomic E-state index is 12.6. The SMILES string of the molecule is NCc1cc(C2CCCC2)oc1C(F)F. The molecule has 1 aromatic heterocycles. The standard InChI is InChI=1S/C11H15F2NO/c12-11(13)10-8(6-14)5-9(15-10)7-3-1-2-4-7/h5,7,11H,1-4,6,14H2. The molecule has 1 aromatic rings. The van der Waals surface area contributed by atoms with Crippen LogP contribution in [0.3, 0.4) is 0 Å². The monoisotopic (exact) mass is 215 g/mol. The number of rotatable bonds is 3. The van der Waals surface area contributed by atoms with Gasteiger partial charge in [0.25, 0.3) is 6.43 Å². The summed E-state index contributed by atoms with van der Waals surface area (Å²) in [4.78, 5) is 0. The zero-order valence-electron chi connectivity index (χ0n) is 8.51. The van der Waals surface area contributed by atoms with Crippen molar-refractivity contribution < 1.29 is 13.2 Å². The number of hydrogen-bond acceptors (Lipinski definition) is 2. The molecule has 2 nitrogen and oxygen atoms in total. The molecule has 2 rings (SSSR count). The molecule has 1 heterocycles. The highest BCUT2D eigenvalue weighted by Gasteiger charge is 2.25. The van der Waals surface area contributed by atoms with Crippen LogP contribution >= 0.6 is 0 Å². The summed E-state index contributed by atoms with van der Waals surface area (Å²) in [6, 6.07) is 1.71. The molecule has 0 radical (unpaired) electrons. The first-order chi connectivity index (χ1) is 7.22. The van der Waals surface area contributed by atoms with E-state index in [1.165, 1.54) is 0 Å². The third kappa shape index (κ3) is 2.04. The largest absolute Gasteiger partial charge is 0.459 e. The fraction of sp³-hybridized carbons (Fsp3) is 0.636. The van der Waals surface area contributed by atoms with Crippen molar-refractivity contribution in [3.05, 3.63) is 23.2 Å². The summed E-state index contributed by atoms with van der Waals surface area (Å²) in [6.07, 6.45) is 1.85. The van der Waals surface area contributed by atoms with Crippen molar-refractivity contribution in [2.24, 2.45) is 5.73 Å². The summed E-state index contributed by atoms with van der Waals surface area (Å²) < 4.78 is 30.4. The fourth-order valence-corrected chi connectivity index (χ4v) is 2.22. The van der Waals surface area contributed by atoms with Gasteiger partial charge in [-0.25, -0.2) is 8.78 Å². The summed E-state index contributed by atoms with van der Waals surface area (Å²) in [5.41, 5.74) is 5.86. The molecule has 15 heavy (non-hydrogen) atoms. The van der Waals surface area contributed by atoms with Gasteiger partial charge in [-0.3, -0.25) is 0 Å². The predicted molar refractivity (Wildman–Crippen MR) is 52.8 cm³/mol. The van der Waals surface area contributed by atoms with Crippen LogP contribution in [-0.2, 0) is 6.54 Å². The maximum Gasteiger partial charge on any atom is 0.295 e. The van der Waals surface area contributed by atoms with E-state index in [4.69, 9.17) is 10.2 Å². The minimum absolute atomic E-state index is 0.121. The van der Waals surface area contributed by atoms with E-state index < -0.39 is 6.43 Å². The van der Waals surface area contributed by atoms with E-state index in [0.29, 0.717) is 17.2 Å². The number of nitrogens with two attached hydrogens (primary N) is 1. The van der Waals surface area contributed by atoms with Crippen molar-refractivity contribution >= 4 is 0 Å². The van der Waals surface area contributed by atoms with Crippen molar-refractivity contribution in [3.63, 3.8) is 0 Å². The minimum Gasteiger partial charge on any atom is -0.459 e. The van der Waals surface area contributed by atoms with Gasteiger partial charge in [0, 0.05) is 18.0 Å². The van der Waals surface area contributed by atoms with Gasteiger partial charge in [-0.2, -0.15) is 0 Å². The van der Waals surface area contributed by atoms with Crippen LogP contribution in [0.1, 0.15) is 55.1 Å². The average Bonchev–Trinajstić information content (AvgIpc) is 2.86. The Kier molecular flexibility index (Phi) is 3.05. The van der Waals surface area contributed by atoms with E-state index in [1.807, 2.05) is 0 Å². The van der Waals surface area contributed by atoms with Crippen LogP contribution in [0.4, 0.5) is 8.78 Å². The summed E-state index contributed by atoms with van der Waals surface area (Å²) >= 11 is 0. The Hall–Kier alpha value is -0.900. The van der Waals surface area contributed by atoms with Crippen molar-refractivity contribution in [2.45, 2.75) is 44.6 Å². The lowest BCUT2D eigenvalue weighted by molar-refractivity contribution is 0.117. The van der Waals surface area contributed by atoms with Crippen molar-refractivity contribution in [1.29, 1.82) is 0 Å². The number of furan rings is 1. The van der Waals surface area contributed by atoms with E-state index in [1.54, 1.807) is 6.07 Å². The highest BCUT2D eigenvalue weighted by molar-refractivity contribution is 5.24. The van der Waals surface area contributed by atoms with E-state index in [9.17, 15) is 8.78 Å². The normalized spacial score (nSPS) is 17.9. The summed E-state index contributed by atoms with van der Waals surface area (Å²) in [6.45, 7) is 0.121. The topological polar surface area (TPSA) is 39.2 Å². The number of halogens is 2. The summed E-state index contributed by atoms with van der Waals surface area (Å²) in [5.74, 6) is 0.783. The second-order valence-electron chi connectivity index (χ2n) is 4.02. The molecule has 1 aliphatic rings. The van der Waals surface area contributed by atoms with Crippen molar-refractivity contribution in [3.8, 4) is 0 Å². The smallest absolute Gasteiger partial charge is 0.295 e. The lowest BCUT2D eigenvalue weighted by atomic mass is 10.0. The minimum atomic E-state index is -2.56. The molecule has 0 spiro atoms. The quantitative estimate of drug-likeness (QED) is 0.839. The Morgan fingerprint density at radius 3 is 2.53 bits per heavy atom. The molecule has 0 unspecified atom stereocenters. The van der Waals surface area contributed by atoms with E-state index >= 15 is 0 Å². The molecule has 4 heteroatoms. The molecule has 84 valence electrons. The van der Waals surface area contributed by atoms with E-state index in [-0.39, 0.29) is 12.3 Å². The van der Waals surface area contributed by atoms with Gasteiger partial charge in [0.2, 0.25) is 0 Å². The molecule has 0 atom stereocenters. The zero-order chi connectivity index (χ0) is 10.8. The van der Waals surface area contributed by atoms with Crippen LogP contribution in [0.2, 0.25) is 0 Å². The highest BCUT2D eigenvalue weighted by Crippen LogP contribution is 2.37. The third-order valence-electron chi connectivity index (χ3n) is 3.04. The Morgan fingerprint density at radius 2 is 2.07 bits per heavy atom. The Labute approximate surface area is 87.4 Å². The van der Waals surface area contributed by atoms with Crippen LogP contribution < -0.4 is 5.73 Å². The Morgan fingerprint density at radius 1 is 1.40 bits per heavy atom. The molecule has 0 saturated heterocycles. The highest BCUT2D eigenvalue weighted by atomic mass is 19.3. The molecular formula is C11H15F2NO. The second-order valence-corrected chi connectivity index (χ2v) is 4.02. The van der Waals surface area contributed by atoms with Gasteiger partial charge >= 0.3 is 0 Å². The molecular weight excluding hydrogens is 200 g/mol. The van der Waals surface area contributed by atoms with Crippen LogP contribution in [0.15, 0.2) is 10.5 Å². The molecule has 1 saturated carbocycles. The first kappa shape index (κ1) is 10.6. The molecule has 2 N–H and O–H groups in total. The second kappa shape index (κ2) is 4.31. The average molecular weight is 215 g/mol. The van der Waals surface area contributed by atoms with Crippen LogP contribution in [0.25, 0.3) is 0 Å². The van der Waals surface area contributed by atoms with Gasteiger partial charge in [0.15, 0.2) is 5.76 Å². The first-order valence-corrected chi connectivity index (χ1v) is 5.33. The van der Waals surface area contributed by atoms with Gasteiger partial charge in [-0.1, -0.05) is 12.8 Å². The maximum absolute atomic E-state index is 12.6. The molecule has 0 amide bonds. The van der Waals surface area contributed by atoms with Gasteiger partial charge in [0.1, 0.15) is 5.76 Å². The van der Waals surface area contributed by atoms with E-state index in [2.05, 4.69) is 0 Å². The molecule has 1 fully saturated rings. The summed E-state index contributed by atoms with van der Waals surface area (Å²) in [5, 5.41) is 0. The Balaban J connectivity index is 2.25. The number of hydrogen-bond donors (Lipinski definition) is 1. The van der Waals surface area contributed by atoms with Gasteiger partial charge in [0.05, 0.1) is 0 Å². The van der Waals surface area contributed by atoms with Crippen molar-refractivity contribution in [2.75, 3.05) is 0 Å². The van der Waals surface area contributed by atoms with Crippen LogP contribution in [-0.4, -0.2) is 0 Å². The molecule has 0 aromatic carbocycles. The third-order valence-corrected chi connectivity index (χ3v) is 3.04. The fourth-order valence-electron chi connectivity index (χ4n) is 2.22. The van der Waals surface area contributed by atoms with E-state index in [0.717, 1.165) is 25.7 Å². The summed E-state index contributed by atoms with van der Waals surface area (Å²) in [7, 11) is 0. The van der Waals surface area contributed by atoms with Crippen molar-refractivity contribution in [1.82, 2.24) is 0 Å². The van der Waals surface area contributed by atoms with Crippen LogP contribution in [0, 0.1) is 0 Å². The van der Waals surface area contributed by atoms with Gasteiger partial charge in [-0.05, 0) is 18.9 Å².